The van der Waals surface area contributed by atoms with Gasteiger partial charge in [0.2, 0.25) is 0 Å². The van der Waals surface area contributed by atoms with Crippen molar-refractivity contribution in [3.05, 3.63) is 47.7 Å². The molecule has 1 aromatic rings. The first-order chi connectivity index (χ1) is 7.42. The first kappa shape index (κ1) is 8.98. The quantitative estimate of drug-likeness (QED) is 0.780. The summed E-state index contributed by atoms with van der Waals surface area (Å²) < 4.78 is 0. The molecule has 2 heterocycles. The van der Waals surface area contributed by atoms with E-state index in [2.05, 4.69) is 46.7 Å². The van der Waals surface area contributed by atoms with Gasteiger partial charge in [0, 0.05) is 38.3 Å². The zero-order valence-electron chi connectivity index (χ0n) is 8.82. The molecule has 1 fully saturated rings. The minimum Gasteiger partial charge on any atom is -0.372 e. The summed E-state index contributed by atoms with van der Waals surface area (Å²) in [6, 6.07) is 10.7. The fourth-order valence-corrected chi connectivity index (χ4v) is 2.50. The van der Waals surface area contributed by atoms with E-state index in [1.54, 1.807) is 5.57 Å². The molecule has 15 heavy (non-hydrogen) atoms. The van der Waals surface area contributed by atoms with Crippen molar-refractivity contribution in [3.63, 3.8) is 0 Å². The Morgan fingerprint density at radius 1 is 1.27 bits per heavy atom. The third-order valence-corrected chi connectivity index (χ3v) is 3.28. The van der Waals surface area contributed by atoms with Crippen molar-refractivity contribution in [2.45, 2.75) is 6.54 Å². The van der Waals surface area contributed by atoms with Crippen LogP contribution in [0.1, 0.15) is 5.56 Å². The number of fused-ring (bicyclic) bond motifs is 1. The van der Waals surface area contributed by atoms with E-state index in [0.717, 1.165) is 25.6 Å². The second-order valence-electron chi connectivity index (χ2n) is 4.45. The van der Waals surface area contributed by atoms with Crippen LogP contribution in [0.15, 0.2) is 42.1 Å². The summed E-state index contributed by atoms with van der Waals surface area (Å²) in [5, 5.41) is 3.41. The second-order valence-corrected chi connectivity index (χ2v) is 4.45. The monoisotopic (exact) mass is 200 g/mol. The third kappa shape index (κ3) is 1.77. The molecule has 1 atom stereocenters. The van der Waals surface area contributed by atoms with Gasteiger partial charge in [-0.25, -0.2) is 0 Å². The van der Waals surface area contributed by atoms with E-state index in [1.807, 2.05) is 0 Å². The van der Waals surface area contributed by atoms with Gasteiger partial charge in [-0.2, -0.15) is 0 Å². The lowest BCUT2D eigenvalue weighted by atomic mass is 10.1. The van der Waals surface area contributed by atoms with Crippen molar-refractivity contribution >= 4 is 0 Å². The Labute approximate surface area is 90.6 Å². The molecule has 78 valence electrons. The SMILES string of the molecule is C1=C2CNCC2CN1Cc1ccccc1. The van der Waals surface area contributed by atoms with Gasteiger partial charge in [0.1, 0.15) is 0 Å². The summed E-state index contributed by atoms with van der Waals surface area (Å²) >= 11 is 0. The van der Waals surface area contributed by atoms with Crippen molar-refractivity contribution in [2.75, 3.05) is 19.6 Å². The van der Waals surface area contributed by atoms with Crippen LogP contribution in [0.25, 0.3) is 0 Å². The highest BCUT2D eigenvalue weighted by Crippen LogP contribution is 2.25. The van der Waals surface area contributed by atoms with Gasteiger partial charge in [-0.1, -0.05) is 30.3 Å². The van der Waals surface area contributed by atoms with E-state index in [-0.39, 0.29) is 0 Å². The lowest BCUT2D eigenvalue weighted by Crippen LogP contribution is -2.21. The van der Waals surface area contributed by atoms with Crippen LogP contribution in [-0.4, -0.2) is 24.5 Å². The number of nitrogens with one attached hydrogen (secondary N) is 1. The number of nitrogens with zero attached hydrogens (tertiary/aromatic N) is 1. The molecular formula is C13H16N2. The van der Waals surface area contributed by atoms with E-state index in [1.165, 1.54) is 12.1 Å². The molecule has 0 spiro atoms. The van der Waals surface area contributed by atoms with Crippen LogP contribution in [0.3, 0.4) is 0 Å². The first-order valence-corrected chi connectivity index (χ1v) is 5.61. The molecule has 0 aromatic heterocycles. The van der Waals surface area contributed by atoms with Gasteiger partial charge in [0.25, 0.3) is 0 Å². The van der Waals surface area contributed by atoms with E-state index >= 15 is 0 Å². The molecule has 2 aliphatic rings. The Bertz CT molecular complexity index is 369. The molecule has 0 bridgehead atoms. The predicted octanol–water partition coefficient (Wildman–Crippen LogP) is 1.61. The highest BCUT2D eigenvalue weighted by Gasteiger charge is 2.27. The molecule has 0 amide bonds. The zero-order valence-corrected chi connectivity index (χ0v) is 8.82. The van der Waals surface area contributed by atoms with E-state index in [9.17, 15) is 0 Å². The number of hydrogen-bond donors (Lipinski definition) is 1. The van der Waals surface area contributed by atoms with Crippen LogP contribution in [0.2, 0.25) is 0 Å². The van der Waals surface area contributed by atoms with Crippen molar-refractivity contribution in [3.8, 4) is 0 Å². The zero-order chi connectivity index (χ0) is 10.1. The average Bonchev–Trinajstić information content (AvgIpc) is 2.79. The Hall–Kier alpha value is -1.28. The van der Waals surface area contributed by atoms with Crippen molar-refractivity contribution in [1.29, 1.82) is 0 Å². The van der Waals surface area contributed by atoms with Gasteiger partial charge < -0.3 is 10.2 Å². The van der Waals surface area contributed by atoms with Crippen LogP contribution < -0.4 is 5.32 Å². The first-order valence-electron chi connectivity index (χ1n) is 5.61. The van der Waals surface area contributed by atoms with Crippen LogP contribution >= 0.6 is 0 Å². The molecule has 1 unspecified atom stereocenters. The summed E-state index contributed by atoms with van der Waals surface area (Å²) in [5.74, 6) is 0.772. The fraction of sp³-hybridized carbons (Fsp3) is 0.385. The van der Waals surface area contributed by atoms with Crippen LogP contribution in [-0.2, 0) is 6.54 Å². The Balaban J connectivity index is 1.69. The Morgan fingerprint density at radius 2 is 2.13 bits per heavy atom. The standard InChI is InChI=1S/C13H16N2/c1-2-4-11(5-3-1)8-15-9-12-6-14-7-13(12)10-15/h1-5,9,13-14H,6-8,10H2. The molecule has 0 saturated carbocycles. The van der Waals surface area contributed by atoms with Gasteiger partial charge in [0.05, 0.1) is 0 Å². The number of benzene rings is 1. The molecular weight excluding hydrogens is 184 g/mol. The van der Waals surface area contributed by atoms with Gasteiger partial charge in [-0.05, 0) is 11.1 Å². The highest BCUT2D eigenvalue weighted by atomic mass is 15.1. The van der Waals surface area contributed by atoms with Gasteiger partial charge in [0.15, 0.2) is 0 Å². The average molecular weight is 200 g/mol. The van der Waals surface area contributed by atoms with Crippen LogP contribution in [0.5, 0.6) is 0 Å². The maximum atomic E-state index is 3.41. The predicted molar refractivity (Wildman–Crippen MR) is 61.3 cm³/mol. The van der Waals surface area contributed by atoms with Crippen molar-refractivity contribution in [2.24, 2.45) is 5.92 Å². The highest BCUT2D eigenvalue weighted by molar-refractivity contribution is 5.21. The molecule has 2 nitrogen and oxygen atoms in total. The molecule has 0 radical (unpaired) electrons. The summed E-state index contributed by atoms with van der Waals surface area (Å²) in [4.78, 5) is 2.44. The van der Waals surface area contributed by atoms with E-state index < -0.39 is 0 Å². The lowest BCUT2D eigenvalue weighted by molar-refractivity contribution is 0.362. The van der Waals surface area contributed by atoms with Gasteiger partial charge in [-0.3, -0.25) is 0 Å². The van der Waals surface area contributed by atoms with Crippen LogP contribution in [0.4, 0.5) is 0 Å². The third-order valence-electron chi connectivity index (χ3n) is 3.28. The largest absolute Gasteiger partial charge is 0.372 e. The minimum absolute atomic E-state index is 0.772. The number of rotatable bonds is 2. The maximum absolute atomic E-state index is 3.41. The van der Waals surface area contributed by atoms with Gasteiger partial charge >= 0.3 is 0 Å². The topological polar surface area (TPSA) is 15.3 Å². The number of hydrogen-bond acceptors (Lipinski definition) is 2. The van der Waals surface area contributed by atoms with Gasteiger partial charge in [-0.15, -0.1) is 0 Å². The minimum atomic E-state index is 0.772. The molecule has 2 aliphatic heterocycles. The smallest absolute Gasteiger partial charge is 0.0424 e. The lowest BCUT2D eigenvalue weighted by Gasteiger charge is -2.17. The molecule has 2 heteroatoms. The normalized spacial score (nSPS) is 24.1. The molecule has 3 rings (SSSR count). The van der Waals surface area contributed by atoms with Crippen LogP contribution in [0, 0.1) is 5.92 Å². The molecule has 0 aliphatic carbocycles. The van der Waals surface area contributed by atoms with E-state index in [0.29, 0.717) is 0 Å². The Kier molecular flexibility index (Phi) is 2.22. The summed E-state index contributed by atoms with van der Waals surface area (Å²) in [5.41, 5.74) is 2.99. The maximum Gasteiger partial charge on any atom is 0.0424 e. The second kappa shape index (κ2) is 3.70. The molecule has 1 aromatic carbocycles. The summed E-state index contributed by atoms with van der Waals surface area (Å²) in [7, 11) is 0. The Morgan fingerprint density at radius 3 is 2.93 bits per heavy atom. The summed E-state index contributed by atoms with van der Waals surface area (Å²) in [6.45, 7) is 4.51. The summed E-state index contributed by atoms with van der Waals surface area (Å²) in [6.07, 6.45) is 2.34. The van der Waals surface area contributed by atoms with E-state index in [4.69, 9.17) is 0 Å². The fourth-order valence-electron chi connectivity index (χ4n) is 2.50. The molecule has 1 N–H and O–H groups in total. The van der Waals surface area contributed by atoms with Crippen molar-refractivity contribution in [1.82, 2.24) is 10.2 Å². The van der Waals surface area contributed by atoms with Crippen molar-refractivity contribution < 1.29 is 0 Å². The molecule has 1 saturated heterocycles.